The standard InChI is InChI=1S/C11H17ClN4/c12-10-6-14-7-16-11(10)15-5-8-2-1-3-9(13)4-8/h6-9H,1-5,13H2,(H,14,15,16). The van der Waals surface area contributed by atoms with Crippen molar-refractivity contribution in [1.29, 1.82) is 0 Å². The Bertz CT molecular complexity index is 345. The van der Waals surface area contributed by atoms with Gasteiger partial charge in [0, 0.05) is 12.6 Å². The van der Waals surface area contributed by atoms with Crippen LogP contribution in [0.5, 0.6) is 0 Å². The summed E-state index contributed by atoms with van der Waals surface area (Å²) < 4.78 is 0. The van der Waals surface area contributed by atoms with E-state index >= 15 is 0 Å². The number of hydrogen-bond acceptors (Lipinski definition) is 4. The molecule has 1 aromatic heterocycles. The highest BCUT2D eigenvalue weighted by molar-refractivity contribution is 6.32. The third-order valence-electron chi connectivity index (χ3n) is 3.05. The highest BCUT2D eigenvalue weighted by Gasteiger charge is 2.19. The minimum absolute atomic E-state index is 0.362. The van der Waals surface area contributed by atoms with Crippen LogP contribution in [0.1, 0.15) is 25.7 Å². The van der Waals surface area contributed by atoms with E-state index in [1.54, 1.807) is 6.20 Å². The lowest BCUT2D eigenvalue weighted by Crippen LogP contribution is -2.31. The predicted octanol–water partition coefficient (Wildman–Crippen LogP) is 2.06. The van der Waals surface area contributed by atoms with E-state index in [1.165, 1.54) is 19.2 Å². The van der Waals surface area contributed by atoms with Gasteiger partial charge in [-0.3, -0.25) is 0 Å². The van der Waals surface area contributed by atoms with Crippen LogP contribution >= 0.6 is 11.6 Å². The van der Waals surface area contributed by atoms with Crippen LogP contribution in [0.3, 0.4) is 0 Å². The van der Waals surface area contributed by atoms with E-state index in [0.717, 1.165) is 25.2 Å². The smallest absolute Gasteiger partial charge is 0.148 e. The molecule has 0 saturated heterocycles. The van der Waals surface area contributed by atoms with Crippen LogP contribution < -0.4 is 11.1 Å². The minimum atomic E-state index is 0.362. The normalized spacial score (nSPS) is 25.4. The van der Waals surface area contributed by atoms with Crippen molar-refractivity contribution in [2.24, 2.45) is 11.7 Å². The number of nitrogens with two attached hydrogens (primary N) is 1. The largest absolute Gasteiger partial charge is 0.368 e. The maximum atomic E-state index is 5.96. The van der Waals surface area contributed by atoms with Crippen molar-refractivity contribution in [3.05, 3.63) is 17.5 Å². The molecule has 1 aromatic rings. The Balaban J connectivity index is 1.85. The number of rotatable bonds is 3. The molecule has 1 saturated carbocycles. The lowest BCUT2D eigenvalue weighted by atomic mass is 9.86. The van der Waals surface area contributed by atoms with Crippen molar-refractivity contribution >= 4 is 17.4 Å². The van der Waals surface area contributed by atoms with Crippen LogP contribution in [0, 0.1) is 5.92 Å². The van der Waals surface area contributed by atoms with Gasteiger partial charge >= 0.3 is 0 Å². The van der Waals surface area contributed by atoms with E-state index in [-0.39, 0.29) is 0 Å². The molecule has 0 aliphatic heterocycles. The zero-order chi connectivity index (χ0) is 11.4. The lowest BCUT2D eigenvalue weighted by molar-refractivity contribution is 0.335. The molecule has 1 heterocycles. The molecule has 0 bridgehead atoms. The van der Waals surface area contributed by atoms with Gasteiger partial charge in [0.05, 0.1) is 6.20 Å². The second-order valence-corrected chi connectivity index (χ2v) is 4.80. The van der Waals surface area contributed by atoms with Crippen molar-refractivity contribution in [3.8, 4) is 0 Å². The molecule has 0 radical (unpaired) electrons. The van der Waals surface area contributed by atoms with Gasteiger partial charge in [-0.2, -0.15) is 0 Å². The molecule has 4 nitrogen and oxygen atoms in total. The number of nitrogens with zero attached hydrogens (tertiary/aromatic N) is 2. The van der Waals surface area contributed by atoms with Crippen molar-refractivity contribution in [2.45, 2.75) is 31.7 Å². The van der Waals surface area contributed by atoms with Crippen LogP contribution in [-0.4, -0.2) is 22.6 Å². The first-order chi connectivity index (χ1) is 7.75. The fourth-order valence-electron chi connectivity index (χ4n) is 2.20. The molecule has 0 aromatic carbocycles. The summed E-state index contributed by atoms with van der Waals surface area (Å²) in [5.74, 6) is 1.35. The maximum Gasteiger partial charge on any atom is 0.148 e. The Morgan fingerprint density at radius 1 is 1.50 bits per heavy atom. The summed E-state index contributed by atoms with van der Waals surface area (Å²) >= 11 is 5.96. The van der Waals surface area contributed by atoms with E-state index < -0.39 is 0 Å². The molecule has 88 valence electrons. The Hall–Kier alpha value is -0.870. The fraction of sp³-hybridized carbons (Fsp3) is 0.636. The summed E-state index contributed by atoms with van der Waals surface area (Å²) in [5, 5.41) is 3.84. The molecular formula is C11H17ClN4. The number of halogens is 1. The van der Waals surface area contributed by atoms with Crippen molar-refractivity contribution in [3.63, 3.8) is 0 Å². The lowest BCUT2D eigenvalue weighted by Gasteiger charge is -2.26. The third-order valence-corrected chi connectivity index (χ3v) is 3.33. The van der Waals surface area contributed by atoms with Crippen molar-refractivity contribution in [1.82, 2.24) is 9.97 Å². The zero-order valence-corrected chi connectivity index (χ0v) is 9.95. The monoisotopic (exact) mass is 240 g/mol. The van der Waals surface area contributed by atoms with Crippen LogP contribution in [0.15, 0.2) is 12.5 Å². The third kappa shape index (κ3) is 3.06. The van der Waals surface area contributed by atoms with Crippen molar-refractivity contribution < 1.29 is 0 Å². The van der Waals surface area contributed by atoms with Gasteiger partial charge in [-0.15, -0.1) is 0 Å². The zero-order valence-electron chi connectivity index (χ0n) is 9.19. The van der Waals surface area contributed by atoms with Crippen LogP contribution in [0.25, 0.3) is 0 Å². The molecule has 16 heavy (non-hydrogen) atoms. The van der Waals surface area contributed by atoms with Gasteiger partial charge in [-0.25, -0.2) is 9.97 Å². The highest BCUT2D eigenvalue weighted by Crippen LogP contribution is 2.24. The van der Waals surface area contributed by atoms with Gasteiger partial charge < -0.3 is 11.1 Å². The van der Waals surface area contributed by atoms with E-state index in [1.807, 2.05) is 0 Å². The Labute approximate surface area is 101 Å². The molecule has 1 aliphatic rings. The molecule has 2 atom stereocenters. The molecule has 3 N–H and O–H groups in total. The molecule has 1 aliphatic carbocycles. The van der Waals surface area contributed by atoms with Gasteiger partial charge in [0.2, 0.25) is 0 Å². The summed E-state index contributed by atoms with van der Waals surface area (Å²) in [6.07, 6.45) is 7.82. The van der Waals surface area contributed by atoms with Gasteiger partial charge in [-0.05, 0) is 25.2 Å². The van der Waals surface area contributed by atoms with E-state index in [4.69, 9.17) is 17.3 Å². The van der Waals surface area contributed by atoms with E-state index in [2.05, 4.69) is 15.3 Å². The van der Waals surface area contributed by atoms with Gasteiger partial charge in [0.25, 0.3) is 0 Å². The predicted molar refractivity (Wildman–Crippen MR) is 65.5 cm³/mol. The van der Waals surface area contributed by atoms with Crippen molar-refractivity contribution in [2.75, 3.05) is 11.9 Å². The summed E-state index contributed by atoms with van der Waals surface area (Å²) in [4.78, 5) is 7.94. The van der Waals surface area contributed by atoms with Gasteiger partial charge in [-0.1, -0.05) is 18.0 Å². The first kappa shape index (κ1) is 11.6. The summed E-state index contributed by atoms with van der Waals surface area (Å²) in [6.45, 7) is 0.893. The van der Waals surface area contributed by atoms with Crippen LogP contribution in [-0.2, 0) is 0 Å². The van der Waals surface area contributed by atoms with Gasteiger partial charge in [0.15, 0.2) is 0 Å². The highest BCUT2D eigenvalue weighted by atomic mass is 35.5. The van der Waals surface area contributed by atoms with E-state index in [9.17, 15) is 0 Å². The summed E-state index contributed by atoms with van der Waals surface area (Å²) in [7, 11) is 0. The molecular weight excluding hydrogens is 224 g/mol. The van der Waals surface area contributed by atoms with E-state index in [0.29, 0.717) is 17.0 Å². The Morgan fingerprint density at radius 2 is 2.38 bits per heavy atom. The minimum Gasteiger partial charge on any atom is -0.368 e. The number of aromatic nitrogens is 2. The average Bonchev–Trinajstić information content (AvgIpc) is 2.28. The molecule has 1 fully saturated rings. The average molecular weight is 241 g/mol. The first-order valence-corrected chi connectivity index (χ1v) is 6.08. The number of hydrogen-bond donors (Lipinski definition) is 2. The summed E-state index contributed by atoms with van der Waals surface area (Å²) in [6, 6.07) is 0.362. The van der Waals surface area contributed by atoms with Gasteiger partial charge in [0.1, 0.15) is 17.2 Å². The number of anilines is 1. The quantitative estimate of drug-likeness (QED) is 0.849. The molecule has 5 heteroatoms. The fourth-order valence-corrected chi connectivity index (χ4v) is 2.37. The second kappa shape index (κ2) is 5.46. The number of nitrogens with one attached hydrogen (secondary N) is 1. The van der Waals surface area contributed by atoms with Crippen LogP contribution in [0.4, 0.5) is 5.82 Å². The molecule has 2 unspecified atom stereocenters. The van der Waals surface area contributed by atoms with Crippen LogP contribution in [0.2, 0.25) is 5.02 Å². The molecule has 0 spiro atoms. The Morgan fingerprint density at radius 3 is 3.12 bits per heavy atom. The molecule has 0 amide bonds. The second-order valence-electron chi connectivity index (χ2n) is 4.39. The summed E-state index contributed by atoms with van der Waals surface area (Å²) in [5.41, 5.74) is 5.94. The molecule has 2 rings (SSSR count). The maximum absolute atomic E-state index is 5.96. The first-order valence-electron chi connectivity index (χ1n) is 5.70. The Kier molecular flexibility index (Phi) is 3.96. The topological polar surface area (TPSA) is 63.8 Å². The SMILES string of the molecule is NC1CCCC(CNc2ncncc2Cl)C1.